The highest BCUT2D eigenvalue weighted by Crippen LogP contribution is 2.55. The number of carbonyl (C=O) groups excluding carboxylic acids is 4. The van der Waals surface area contributed by atoms with Crippen molar-refractivity contribution in [2.24, 2.45) is 11.3 Å². The zero-order valence-electron chi connectivity index (χ0n) is 21.3. The highest BCUT2D eigenvalue weighted by atomic mass is 16.3. The van der Waals surface area contributed by atoms with Gasteiger partial charge in [-0.05, 0) is 68.9 Å². The molecule has 2 aliphatic carbocycles. The lowest BCUT2D eigenvalue weighted by Crippen LogP contribution is -2.59. The van der Waals surface area contributed by atoms with Gasteiger partial charge in [-0.25, -0.2) is 4.98 Å². The molecule has 2 aromatic rings. The highest BCUT2D eigenvalue weighted by molar-refractivity contribution is 5.97. The van der Waals surface area contributed by atoms with Crippen LogP contribution in [0.4, 0.5) is 0 Å². The van der Waals surface area contributed by atoms with Gasteiger partial charge in [0.2, 0.25) is 11.8 Å². The Labute approximate surface area is 220 Å². The normalized spacial score (nSPS) is 25.6. The number of amides is 4. The summed E-state index contributed by atoms with van der Waals surface area (Å²) in [6.45, 7) is 0.964. The first kappa shape index (κ1) is 24.8. The Bertz CT molecular complexity index is 1230. The molecule has 0 radical (unpaired) electrons. The number of imidazole rings is 1. The first-order chi connectivity index (χ1) is 18.3. The Kier molecular flexibility index (Phi) is 6.33. The predicted molar refractivity (Wildman–Crippen MR) is 136 cm³/mol. The van der Waals surface area contributed by atoms with Crippen LogP contribution in [-0.2, 0) is 14.4 Å². The maximum absolute atomic E-state index is 13.8. The van der Waals surface area contributed by atoms with E-state index in [1.807, 2.05) is 24.4 Å². The summed E-state index contributed by atoms with van der Waals surface area (Å²) in [6, 6.07) is 3.87. The number of nitrogens with zero attached hydrogens (tertiary/aromatic N) is 3. The van der Waals surface area contributed by atoms with Gasteiger partial charge in [-0.3, -0.25) is 19.2 Å². The number of nitrogens with one attached hydrogen (secondary N) is 3. The van der Waals surface area contributed by atoms with Crippen LogP contribution in [0.15, 0.2) is 30.6 Å². The number of pyridine rings is 1. The molecule has 6 rings (SSSR count). The molecule has 0 bridgehead atoms. The first-order valence-corrected chi connectivity index (χ1v) is 13.6. The number of fused-ring (bicyclic) bond motifs is 1. The molecule has 1 spiro atoms. The summed E-state index contributed by atoms with van der Waals surface area (Å²) in [4.78, 5) is 58.4. The quantitative estimate of drug-likeness (QED) is 0.394. The molecule has 4 aliphatic rings. The van der Waals surface area contributed by atoms with Crippen molar-refractivity contribution >= 4 is 29.3 Å². The van der Waals surface area contributed by atoms with Crippen LogP contribution in [0.1, 0.15) is 61.9 Å². The number of aliphatic hydroxyl groups excluding tert-OH is 1. The average molecular weight is 523 g/mol. The van der Waals surface area contributed by atoms with Crippen LogP contribution in [-0.4, -0.2) is 80.3 Å². The Morgan fingerprint density at radius 3 is 2.68 bits per heavy atom. The molecule has 4 fully saturated rings. The number of aliphatic hydroxyl groups is 1. The lowest BCUT2D eigenvalue weighted by atomic mass is 9.86. The summed E-state index contributed by atoms with van der Waals surface area (Å²) < 4.78 is 1.77. The molecule has 2 aromatic heterocycles. The van der Waals surface area contributed by atoms with E-state index in [0.717, 1.165) is 32.1 Å². The molecule has 38 heavy (non-hydrogen) atoms. The number of likely N-dealkylation sites (tertiary alicyclic amines) is 1. The summed E-state index contributed by atoms with van der Waals surface area (Å²) in [5, 5.41) is 19.4. The molecule has 11 heteroatoms. The van der Waals surface area contributed by atoms with Crippen LogP contribution >= 0.6 is 0 Å². The summed E-state index contributed by atoms with van der Waals surface area (Å²) in [7, 11) is 0. The van der Waals surface area contributed by atoms with E-state index in [9.17, 15) is 24.3 Å². The second kappa shape index (κ2) is 9.68. The maximum Gasteiger partial charge on any atom is 0.274 e. The van der Waals surface area contributed by atoms with Crippen LogP contribution in [0, 0.1) is 11.3 Å². The van der Waals surface area contributed by atoms with E-state index in [1.165, 1.54) is 0 Å². The lowest BCUT2D eigenvalue weighted by Gasteiger charge is -2.39. The minimum Gasteiger partial charge on any atom is -0.381 e. The molecule has 1 unspecified atom stereocenters. The number of carbonyl (C=O) groups is 4. The van der Waals surface area contributed by atoms with Crippen LogP contribution in [0.25, 0.3) is 5.65 Å². The summed E-state index contributed by atoms with van der Waals surface area (Å²) in [5.74, 6) is -1.81. The molecule has 2 aliphatic heterocycles. The monoisotopic (exact) mass is 522 g/mol. The lowest BCUT2D eigenvalue weighted by molar-refractivity contribution is -0.135. The molecule has 2 saturated carbocycles. The van der Waals surface area contributed by atoms with Gasteiger partial charge in [-0.2, -0.15) is 0 Å². The van der Waals surface area contributed by atoms with Crippen LogP contribution < -0.4 is 16.0 Å². The van der Waals surface area contributed by atoms with E-state index in [4.69, 9.17) is 0 Å². The topological polar surface area (TPSA) is 145 Å². The molecule has 202 valence electrons. The van der Waals surface area contributed by atoms with Crippen molar-refractivity contribution in [1.82, 2.24) is 30.2 Å². The third-order valence-corrected chi connectivity index (χ3v) is 8.59. The van der Waals surface area contributed by atoms with Crippen LogP contribution in [0.2, 0.25) is 0 Å². The fourth-order valence-electron chi connectivity index (χ4n) is 5.85. The zero-order chi connectivity index (χ0) is 26.4. The molecule has 4 N–H and O–H groups in total. The van der Waals surface area contributed by atoms with Crippen molar-refractivity contribution in [3.8, 4) is 0 Å². The van der Waals surface area contributed by atoms with Crippen LogP contribution in [0.3, 0.4) is 0 Å². The van der Waals surface area contributed by atoms with Gasteiger partial charge in [0.25, 0.3) is 11.8 Å². The Balaban J connectivity index is 1.22. The number of aromatic nitrogens is 2. The summed E-state index contributed by atoms with van der Waals surface area (Å²) in [5.41, 5.74) is 0.969. The third kappa shape index (κ3) is 4.99. The highest BCUT2D eigenvalue weighted by Gasteiger charge is 2.51. The van der Waals surface area contributed by atoms with Gasteiger partial charge < -0.3 is 30.4 Å². The van der Waals surface area contributed by atoms with Gasteiger partial charge in [0.15, 0.2) is 6.10 Å². The third-order valence-electron chi connectivity index (χ3n) is 8.59. The molecule has 4 amide bonds. The molecule has 4 atom stereocenters. The standard InChI is InChI=1S/C27H34N6O5/c34-22(25(37)29-17-4-5-17)18(13-16-6-10-28-23(16)35)31-24(36)20-14-27(7-8-27)9-12-33(20)26(38)19-15-32-11-2-1-3-21(32)30-19/h1-3,11,15-18,20,22,34H,4-10,12-14H2,(H,28,35)(H,29,37)(H,31,36)/t16-,18-,20-,22?/m0/s1. The van der Waals surface area contributed by atoms with Gasteiger partial charge in [-0.1, -0.05) is 6.07 Å². The fourth-order valence-corrected chi connectivity index (χ4v) is 5.85. The van der Waals surface area contributed by atoms with Crippen LogP contribution in [0.5, 0.6) is 0 Å². The maximum atomic E-state index is 13.8. The van der Waals surface area contributed by atoms with Crippen molar-refractivity contribution in [2.75, 3.05) is 13.1 Å². The van der Waals surface area contributed by atoms with Gasteiger partial charge in [0, 0.05) is 37.4 Å². The van der Waals surface area contributed by atoms with Gasteiger partial charge in [0.1, 0.15) is 17.4 Å². The van der Waals surface area contributed by atoms with E-state index in [0.29, 0.717) is 31.6 Å². The first-order valence-electron chi connectivity index (χ1n) is 13.6. The van der Waals surface area contributed by atoms with Gasteiger partial charge in [0.05, 0.1) is 6.04 Å². The van der Waals surface area contributed by atoms with E-state index < -0.39 is 35.9 Å². The van der Waals surface area contributed by atoms with E-state index >= 15 is 0 Å². The van der Waals surface area contributed by atoms with Crippen molar-refractivity contribution in [2.45, 2.75) is 75.6 Å². The Hall–Kier alpha value is -3.47. The zero-order valence-corrected chi connectivity index (χ0v) is 21.3. The molecule has 11 nitrogen and oxygen atoms in total. The Morgan fingerprint density at radius 1 is 1.18 bits per heavy atom. The fraction of sp³-hybridized carbons (Fsp3) is 0.593. The molecule has 4 heterocycles. The SMILES string of the molecule is O=C(NC1CC1)C(O)[C@H](C[C@@H]1CCNC1=O)NC(=O)[C@@H]1CC2(CCN1C(=O)c1cn3ccccc3n1)CC2. The molecule has 0 aromatic carbocycles. The molecule has 2 saturated heterocycles. The second-order valence-electron chi connectivity index (χ2n) is 11.4. The van der Waals surface area contributed by atoms with Gasteiger partial charge in [-0.15, -0.1) is 0 Å². The van der Waals surface area contributed by atoms with E-state index in [2.05, 4.69) is 20.9 Å². The average Bonchev–Trinajstić information content (AvgIpc) is 3.80. The van der Waals surface area contributed by atoms with Gasteiger partial charge >= 0.3 is 0 Å². The minimum atomic E-state index is -1.49. The minimum absolute atomic E-state index is 0.0508. The molecular weight excluding hydrogens is 488 g/mol. The van der Waals surface area contributed by atoms with Crippen molar-refractivity contribution < 1.29 is 24.3 Å². The van der Waals surface area contributed by atoms with E-state index in [1.54, 1.807) is 15.5 Å². The largest absolute Gasteiger partial charge is 0.381 e. The van der Waals surface area contributed by atoms with Crippen molar-refractivity contribution in [1.29, 1.82) is 0 Å². The number of piperidine rings is 1. The van der Waals surface area contributed by atoms with Crippen molar-refractivity contribution in [3.63, 3.8) is 0 Å². The number of rotatable bonds is 8. The second-order valence-corrected chi connectivity index (χ2v) is 11.4. The van der Waals surface area contributed by atoms with E-state index in [-0.39, 0.29) is 35.4 Å². The smallest absolute Gasteiger partial charge is 0.274 e. The van der Waals surface area contributed by atoms with Crippen molar-refractivity contribution in [3.05, 3.63) is 36.3 Å². The summed E-state index contributed by atoms with van der Waals surface area (Å²) in [6.07, 6.45) is 7.84. The molecular formula is C27H34N6O5. The Morgan fingerprint density at radius 2 is 2.00 bits per heavy atom. The summed E-state index contributed by atoms with van der Waals surface area (Å²) >= 11 is 0. The predicted octanol–water partition coefficient (Wildman–Crippen LogP) is 0.370. The number of hydrogen-bond acceptors (Lipinski definition) is 6. The number of hydrogen-bond donors (Lipinski definition) is 4.